The summed E-state index contributed by atoms with van der Waals surface area (Å²) in [6.07, 6.45) is 2.17. The number of allylic oxidation sites excluding steroid dienone is 1. The van der Waals surface area contributed by atoms with Crippen molar-refractivity contribution in [2.24, 2.45) is 5.92 Å². The van der Waals surface area contributed by atoms with Gasteiger partial charge >= 0.3 is 0 Å². The fourth-order valence-electron chi connectivity index (χ4n) is 2.94. The molecular formula is C19H25NO5. The molecule has 2 aliphatic heterocycles. The lowest BCUT2D eigenvalue weighted by Gasteiger charge is -2.32. The molecule has 0 radical (unpaired) electrons. The molecular weight excluding hydrogens is 322 g/mol. The zero-order chi connectivity index (χ0) is 17.6. The highest BCUT2D eigenvalue weighted by Crippen LogP contribution is 2.25. The Balaban J connectivity index is 1.56. The van der Waals surface area contributed by atoms with Gasteiger partial charge in [-0.1, -0.05) is 31.2 Å². The number of rotatable bonds is 5. The van der Waals surface area contributed by atoms with Crippen molar-refractivity contribution in [2.75, 3.05) is 26.3 Å². The molecule has 0 spiro atoms. The Morgan fingerprint density at radius 1 is 1.24 bits per heavy atom. The second-order valence-electron chi connectivity index (χ2n) is 6.48. The number of aliphatic hydroxyl groups excluding tert-OH is 1. The summed E-state index contributed by atoms with van der Waals surface area (Å²) in [5, 5.41) is 9.08. The lowest BCUT2D eigenvalue weighted by Crippen LogP contribution is -2.43. The standard InChI is InChI=1S/C19H25NO5/c1-14-10-17(19(22)20-6-8-23-9-7-20)25-18(11-14)24-13-16-4-2-15(12-21)3-5-16/h2-5,10,14,18,21H,6-9,11-13H2,1H3/t14-,18+/m0/s1. The number of carbonyl (C=O) groups excluding carboxylic acids is 1. The minimum Gasteiger partial charge on any atom is -0.459 e. The maximum atomic E-state index is 12.6. The van der Waals surface area contributed by atoms with E-state index in [0.717, 1.165) is 11.1 Å². The topological polar surface area (TPSA) is 68.2 Å². The van der Waals surface area contributed by atoms with Gasteiger partial charge in [0.2, 0.25) is 6.29 Å². The molecule has 0 bridgehead atoms. The van der Waals surface area contributed by atoms with Crippen LogP contribution in [0, 0.1) is 5.92 Å². The molecule has 1 saturated heterocycles. The second-order valence-corrected chi connectivity index (χ2v) is 6.48. The number of carbonyl (C=O) groups is 1. The van der Waals surface area contributed by atoms with Crippen molar-refractivity contribution in [3.8, 4) is 0 Å². The molecule has 1 N–H and O–H groups in total. The highest BCUT2D eigenvalue weighted by atomic mass is 16.7. The van der Waals surface area contributed by atoms with Crippen LogP contribution in [-0.4, -0.2) is 48.5 Å². The van der Waals surface area contributed by atoms with Crippen LogP contribution < -0.4 is 0 Å². The van der Waals surface area contributed by atoms with Crippen molar-refractivity contribution in [1.29, 1.82) is 0 Å². The molecule has 6 heteroatoms. The van der Waals surface area contributed by atoms with E-state index < -0.39 is 6.29 Å². The van der Waals surface area contributed by atoms with Gasteiger partial charge in [0, 0.05) is 19.5 Å². The first kappa shape index (κ1) is 17.9. The van der Waals surface area contributed by atoms with Crippen molar-refractivity contribution in [1.82, 2.24) is 4.90 Å². The minimum atomic E-state index is -0.433. The number of hydrogen-bond acceptors (Lipinski definition) is 5. The van der Waals surface area contributed by atoms with Gasteiger partial charge in [0.15, 0.2) is 5.76 Å². The lowest BCUT2D eigenvalue weighted by molar-refractivity contribution is -0.160. The minimum absolute atomic E-state index is 0.0300. The number of ether oxygens (including phenoxy) is 3. The normalized spacial score (nSPS) is 23.8. The van der Waals surface area contributed by atoms with Crippen LogP contribution in [0.15, 0.2) is 36.1 Å². The number of morpholine rings is 1. The average Bonchev–Trinajstić information content (AvgIpc) is 2.66. The third-order valence-corrected chi connectivity index (χ3v) is 4.41. The fourth-order valence-corrected chi connectivity index (χ4v) is 2.94. The number of hydrogen-bond donors (Lipinski definition) is 1. The maximum Gasteiger partial charge on any atom is 0.288 e. The Kier molecular flexibility index (Phi) is 6.07. The predicted molar refractivity (Wildman–Crippen MR) is 91.3 cm³/mol. The van der Waals surface area contributed by atoms with Gasteiger partial charge in [-0.2, -0.15) is 0 Å². The maximum absolute atomic E-state index is 12.6. The number of amides is 1. The van der Waals surface area contributed by atoms with Gasteiger partial charge in [-0.3, -0.25) is 4.79 Å². The van der Waals surface area contributed by atoms with E-state index in [-0.39, 0.29) is 18.4 Å². The molecule has 0 aromatic heterocycles. The Bertz CT molecular complexity index is 607. The van der Waals surface area contributed by atoms with Gasteiger partial charge in [0.25, 0.3) is 5.91 Å². The van der Waals surface area contributed by atoms with Gasteiger partial charge < -0.3 is 24.2 Å². The molecule has 3 rings (SSSR count). The van der Waals surface area contributed by atoms with Gasteiger partial charge in [0.05, 0.1) is 26.4 Å². The van der Waals surface area contributed by atoms with Crippen molar-refractivity contribution < 1.29 is 24.1 Å². The van der Waals surface area contributed by atoms with Gasteiger partial charge in [-0.15, -0.1) is 0 Å². The largest absolute Gasteiger partial charge is 0.459 e. The monoisotopic (exact) mass is 347 g/mol. The summed E-state index contributed by atoms with van der Waals surface area (Å²) in [4.78, 5) is 14.3. The molecule has 1 fully saturated rings. The summed E-state index contributed by atoms with van der Waals surface area (Å²) >= 11 is 0. The molecule has 25 heavy (non-hydrogen) atoms. The van der Waals surface area contributed by atoms with Gasteiger partial charge in [-0.25, -0.2) is 0 Å². The van der Waals surface area contributed by atoms with E-state index in [1.807, 2.05) is 30.3 Å². The van der Waals surface area contributed by atoms with Crippen molar-refractivity contribution in [2.45, 2.75) is 32.8 Å². The van der Waals surface area contributed by atoms with Crippen LogP contribution in [-0.2, 0) is 32.2 Å². The van der Waals surface area contributed by atoms with Crippen LogP contribution in [0.2, 0.25) is 0 Å². The lowest BCUT2D eigenvalue weighted by atomic mass is 10.0. The Morgan fingerprint density at radius 3 is 2.60 bits per heavy atom. The first-order valence-electron chi connectivity index (χ1n) is 8.71. The van der Waals surface area contributed by atoms with Crippen molar-refractivity contribution in [3.05, 3.63) is 47.2 Å². The second kappa shape index (κ2) is 8.47. The summed E-state index contributed by atoms with van der Waals surface area (Å²) in [5.41, 5.74) is 1.87. The molecule has 1 amide bonds. The zero-order valence-electron chi connectivity index (χ0n) is 14.5. The molecule has 2 atom stereocenters. The highest BCUT2D eigenvalue weighted by Gasteiger charge is 2.29. The van der Waals surface area contributed by atoms with Crippen LogP contribution in [0.25, 0.3) is 0 Å². The van der Waals surface area contributed by atoms with Gasteiger partial charge in [-0.05, 0) is 23.1 Å². The Morgan fingerprint density at radius 2 is 1.92 bits per heavy atom. The number of benzene rings is 1. The molecule has 1 aromatic rings. The number of nitrogens with zero attached hydrogens (tertiary/aromatic N) is 1. The van der Waals surface area contributed by atoms with Crippen molar-refractivity contribution >= 4 is 5.91 Å². The molecule has 136 valence electrons. The summed E-state index contributed by atoms with van der Waals surface area (Å²) in [6.45, 7) is 4.82. The van der Waals surface area contributed by atoms with E-state index >= 15 is 0 Å². The smallest absolute Gasteiger partial charge is 0.288 e. The van der Waals surface area contributed by atoms with E-state index in [4.69, 9.17) is 19.3 Å². The summed E-state index contributed by atoms with van der Waals surface area (Å²) in [5.74, 6) is 0.507. The molecule has 0 aliphatic carbocycles. The Hall–Kier alpha value is -1.89. The van der Waals surface area contributed by atoms with E-state index in [0.29, 0.717) is 45.1 Å². The van der Waals surface area contributed by atoms with Crippen molar-refractivity contribution in [3.63, 3.8) is 0 Å². The first-order chi connectivity index (χ1) is 12.2. The Labute approximate surface area is 148 Å². The summed E-state index contributed by atoms with van der Waals surface area (Å²) in [6, 6.07) is 7.59. The van der Waals surface area contributed by atoms with Crippen LogP contribution >= 0.6 is 0 Å². The van der Waals surface area contributed by atoms with Gasteiger partial charge in [0.1, 0.15) is 0 Å². The molecule has 2 aliphatic rings. The highest BCUT2D eigenvalue weighted by molar-refractivity contribution is 5.91. The fraction of sp³-hybridized carbons (Fsp3) is 0.526. The van der Waals surface area contributed by atoms with E-state index in [2.05, 4.69) is 6.92 Å². The quantitative estimate of drug-likeness (QED) is 0.880. The number of aliphatic hydroxyl groups is 1. The SMILES string of the molecule is C[C@H]1C=C(C(=O)N2CCOCC2)O[C@@H](OCc2ccc(CO)cc2)C1. The summed E-state index contributed by atoms with van der Waals surface area (Å²) < 4.78 is 17.0. The molecule has 6 nitrogen and oxygen atoms in total. The molecule has 0 saturated carbocycles. The molecule has 2 heterocycles. The predicted octanol–water partition coefficient (Wildman–Crippen LogP) is 1.82. The van der Waals surface area contributed by atoms with Crippen LogP contribution in [0.3, 0.4) is 0 Å². The third-order valence-electron chi connectivity index (χ3n) is 4.41. The third kappa shape index (κ3) is 4.81. The average molecular weight is 347 g/mol. The zero-order valence-corrected chi connectivity index (χ0v) is 14.5. The summed E-state index contributed by atoms with van der Waals surface area (Å²) in [7, 11) is 0. The molecule has 0 unspecified atom stereocenters. The van der Waals surface area contributed by atoms with E-state index in [1.165, 1.54) is 0 Å². The van der Waals surface area contributed by atoms with E-state index in [1.54, 1.807) is 4.90 Å². The molecule has 1 aromatic carbocycles. The first-order valence-corrected chi connectivity index (χ1v) is 8.71. The van der Waals surface area contributed by atoms with Crippen LogP contribution in [0.1, 0.15) is 24.5 Å². The van der Waals surface area contributed by atoms with Crippen LogP contribution in [0.5, 0.6) is 0 Å². The van der Waals surface area contributed by atoms with Crippen LogP contribution in [0.4, 0.5) is 0 Å². The van der Waals surface area contributed by atoms with E-state index in [9.17, 15) is 4.79 Å².